The molecule has 0 spiro atoms. The molecule has 1 aromatic rings. The molecule has 0 aliphatic carbocycles. The first kappa shape index (κ1) is 27.0. The zero-order chi connectivity index (χ0) is 22.6. The maximum atomic E-state index is 11.2. The van der Waals surface area contributed by atoms with Gasteiger partial charge in [-0.15, -0.1) is 0 Å². The van der Waals surface area contributed by atoms with Crippen molar-refractivity contribution >= 4 is 5.69 Å². The molecule has 0 radical (unpaired) electrons. The van der Waals surface area contributed by atoms with Gasteiger partial charge in [0.15, 0.2) is 0 Å². The summed E-state index contributed by atoms with van der Waals surface area (Å²) in [7, 11) is 3.22. The molecule has 1 aromatic carbocycles. The molecular weight excluding hydrogens is 414 g/mol. The van der Waals surface area contributed by atoms with Gasteiger partial charge < -0.3 is 37.9 Å². The summed E-state index contributed by atoms with van der Waals surface area (Å²) in [5.74, 6) is 0.572. The quantitative estimate of drug-likeness (QED) is 0.157. The van der Waals surface area contributed by atoms with Crippen molar-refractivity contribution < 1.29 is 42.8 Å². The molecule has 0 atom stereocenters. The summed E-state index contributed by atoms with van der Waals surface area (Å²) in [4.78, 5) is 10.7. The molecule has 0 fully saturated rings. The predicted molar refractivity (Wildman–Crippen MR) is 111 cm³/mol. The highest BCUT2D eigenvalue weighted by Gasteiger charge is 2.16. The lowest BCUT2D eigenvalue weighted by molar-refractivity contribution is -0.385. The molecule has 0 aromatic heterocycles. The van der Waals surface area contributed by atoms with Gasteiger partial charge in [0.05, 0.1) is 71.0 Å². The van der Waals surface area contributed by atoms with Gasteiger partial charge in [0.1, 0.15) is 19.0 Å². The third-order valence-corrected chi connectivity index (χ3v) is 3.72. The molecule has 0 saturated heterocycles. The molecule has 0 aliphatic heterocycles. The number of methoxy groups -OCH3 is 2. The van der Waals surface area contributed by atoms with Crippen molar-refractivity contribution in [2.24, 2.45) is 0 Å². The molecule has 0 saturated carbocycles. The number of ether oxygens (including phenoxy) is 8. The van der Waals surface area contributed by atoms with Crippen LogP contribution < -0.4 is 9.47 Å². The Balaban J connectivity index is 2.26. The van der Waals surface area contributed by atoms with E-state index in [1.165, 1.54) is 18.2 Å². The lowest BCUT2D eigenvalue weighted by atomic mass is 10.3. The van der Waals surface area contributed by atoms with Crippen LogP contribution in [0, 0.1) is 10.1 Å². The Hall–Kier alpha value is -2.02. The predicted octanol–water partition coefficient (Wildman–Crippen LogP) is 1.71. The van der Waals surface area contributed by atoms with Crippen LogP contribution in [0.1, 0.15) is 0 Å². The normalized spacial score (nSPS) is 10.9. The zero-order valence-electron chi connectivity index (χ0n) is 18.2. The number of hydrogen-bond acceptors (Lipinski definition) is 10. The smallest absolute Gasteiger partial charge is 0.311 e. The molecule has 0 heterocycles. The molecule has 11 nitrogen and oxygen atoms in total. The van der Waals surface area contributed by atoms with Crippen LogP contribution in [0.4, 0.5) is 5.69 Å². The lowest BCUT2D eigenvalue weighted by Gasteiger charge is -2.11. The summed E-state index contributed by atoms with van der Waals surface area (Å²) in [6, 6.07) is 4.35. The number of benzene rings is 1. The number of rotatable bonds is 21. The molecule has 0 bridgehead atoms. The van der Waals surface area contributed by atoms with E-state index in [1.54, 1.807) is 14.2 Å². The van der Waals surface area contributed by atoms with Gasteiger partial charge in [-0.1, -0.05) is 0 Å². The summed E-state index contributed by atoms with van der Waals surface area (Å²) in [5, 5.41) is 11.2. The fourth-order valence-corrected chi connectivity index (χ4v) is 2.21. The highest BCUT2D eigenvalue weighted by Crippen LogP contribution is 2.31. The monoisotopic (exact) mass is 447 g/mol. The summed E-state index contributed by atoms with van der Waals surface area (Å²) in [6.07, 6.45) is 0. The molecule has 31 heavy (non-hydrogen) atoms. The second-order valence-corrected chi connectivity index (χ2v) is 6.02. The Morgan fingerprint density at radius 1 is 0.677 bits per heavy atom. The lowest BCUT2D eigenvalue weighted by Crippen LogP contribution is -2.13. The van der Waals surface area contributed by atoms with Crippen molar-refractivity contribution in [1.29, 1.82) is 0 Å². The Morgan fingerprint density at radius 2 is 1.13 bits per heavy atom. The van der Waals surface area contributed by atoms with E-state index >= 15 is 0 Å². The first-order chi connectivity index (χ1) is 15.2. The van der Waals surface area contributed by atoms with E-state index in [2.05, 4.69) is 0 Å². The minimum absolute atomic E-state index is 0.120. The summed E-state index contributed by atoms with van der Waals surface area (Å²) in [5.41, 5.74) is -0.139. The van der Waals surface area contributed by atoms with Crippen molar-refractivity contribution in [2.45, 2.75) is 0 Å². The van der Waals surface area contributed by atoms with Crippen LogP contribution in [0.25, 0.3) is 0 Å². The highest BCUT2D eigenvalue weighted by atomic mass is 16.6. The van der Waals surface area contributed by atoms with E-state index < -0.39 is 4.92 Å². The third kappa shape index (κ3) is 13.8. The van der Waals surface area contributed by atoms with E-state index in [0.717, 1.165) is 0 Å². The Labute approximate surface area is 182 Å². The van der Waals surface area contributed by atoms with Gasteiger partial charge in [-0.25, -0.2) is 0 Å². The Bertz CT molecular complexity index is 587. The van der Waals surface area contributed by atoms with Gasteiger partial charge in [0.25, 0.3) is 0 Å². The van der Waals surface area contributed by atoms with Crippen LogP contribution in [0.3, 0.4) is 0 Å². The van der Waals surface area contributed by atoms with Crippen LogP contribution in [0.2, 0.25) is 0 Å². The molecule has 0 unspecified atom stereocenters. The third-order valence-electron chi connectivity index (χ3n) is 3.72. The minimum Gasteiger partial charge on any atom is -0.491 e. The zero-order valence-corrected chi connectivity index (χ0v) is 18.2. The molecule has 178 valence electrons. The molecule has 0 amide bonds. The number of hydrogen-bond donors (Lipinski definition) is 0. The van der Waals surface area contributed by atoms with Crippen LogP contribution in [-0.2, 0) is 28.4 Å². The average Bonchev–Trinajstić information content (AvgIpc) is 2.76. The number of nitro groups is 1. The second-order valence-electron chi connectivity index (χ2n) is 6.02. The van der Waals surface area contributed by atoms with Crippen LogP contribution in [0.5, 0.6) is 11.5 Å². The standard InChI is InChI=1S/C20H33NO10/c1-24-5-7-26-9-11-28-13-15-30-18-3-4-19(21(22)23)20(17-18)31-16-14-29-12-10-27-8-6-25-2/h3-4,17H,5-16H2,1-2H3. The maximum absolute atomic E-state index is 11.2. The Morgan fingerprint density at radius 3 is 1.61 bits per heavy atom. The largest absolute Gasteiger partial charge is 0.491 e. The van der Waals surface area contributed by atoms with Gasteiger partial charge in [-0.05, 0) is 6.07 Å². The highest BCUT2D eigenvalue weighted by molar-refractivity contribution is 5.50. The van der Waals surface area contributed by atoms with E-state index in [4.69, 9.17) is 37.9 Å². The van der Waals surface area contributed by atoms with Crippen LogP contribution >= 0.6 is 0 Å². The fraction of sp³-hybridized carbons (Fsp3) is 0.700. The van der Waals surface area contributed by atoms with E-state index in [9.17, 15) is 10.1 Å². The fourth-order valence-electron chi connectivity index (χ4n) is 2.21. The second kappa shape index (κ2) is 18.7. The van der Waals surface area contributed by atoms with Gasteiger partial charge in [-0.3, -0.25) is 10.1 Å². The first-order valence-electron chi connectivity index (χ1n) is 10.0. The topological polar surface area (TPSA) is 117 Å². The molecular formula is C20H33NO10. The maximum Gasteiger partial charge on any atom is 0.311 e. The van der Waals surface area contributed by atoms with Crippen molar-refractivity contribution in [3.05, 3.63) is 28.3 Å². The summed E-state index contributed by atoms with van der Waals surface area (Å²) in [6.45, 7) is 4.94. The van der Waals surface area contributed by atoms with Gasteiger partial charge >= 0.3 is 5.69 Å². The van der Waals surface area contributed by atoms with Crippen molar-refractivity contribution in [3.8, 4) is 11.5 Å². The average molecular weight is 447 g/mol. The summed E-state index contributed by atoms with van der Waals surface area (Å²) >= 11 is 0. The van der Waals surface area contributed by atoms with Crippen LogP contribution in [-0.4, -0.2) is 98.4 Å². The van der Waals surface area contributed by atoms with Gasteiger partial charge in [0, 0.05) is 26.4 Å². The molecule has 0 aliphatic rings. The summed E-state index contributed by atoms with van der Waals surface area (Å²) < 4.78 is 42.1. The van der Waals surface area contributed by atoms with E-state index in [-0.39, 0.29) is 24.7 Å². The minimum atomic E-state index is -0.504. The number of nitro benzene ring substituents is 1. The van der Waals surface area contributed by atoms with Crippen LogP contribution in [0.15, 0.2) is 18.2 Å². The van der Waals surface area contributed by atoms with E-state index in [1.807, 2.05) is 0 Å². The van der Waals surface area contributed by atoms with Crippen molar-refractivity contribution in [2.75, 3.05) is 93.5 Å². The van der Waals surface area contributed by atoms with Crippen molar-refractivity contribution in [3.63, 3.8) is 0 Å². The van der Waals surface area contributed by atoms with Crippen molar-refractivity contribution in [1.82, 2.24) is 0 Å². The molecule has 1 rings (SSSR count). The molecule has 11 heteroatoms. The number of nitrogens with zero attached hydrogens (tertiary/aromatic N) is 1. The van der Waals surface area contributed by atoms with E-state index in [0.29, 0.717) is 71.8 Å². The SMILES string of the molecule is COCCOCCOCCOc1ccc([N+](=O)[O-])c(OCCOCCOCCOC)c1. The van der Waals surface area contributed by atoms with Gasteiger partial charge in [0.2, 0.25) is 5.75 Å². The molecule has 0 N–H and O–H groups in total. The first-order valence-corrected chi connectivity index (χ1v) is 10.0. The Kier molecular flexibility index (Phi) is 16.3. The van der Waals surface area contributed by atoms with Gasteiger partial charge in [-0.2, -0.15) is 0 Å².